The lowest BCUT2D eigenvalue weighted by Crippen LogP contribution is -2.31. The zero-order valence-electron chi connectivity index (χ0n) is 12.7. The molecule has 0 saturated carbocycles. The van der Waals surface area contributed by atoms with Gasteiger partial charge in [-0.2, -0.15) is 0 Å². The lowest BCUT2D eigenvalue weighted by Gasteiger charge is -2.28. The molecule has 2 aromatic heterocycles. The van der Waals surface area contributed by atoms with E-state index in [2.05, 4.69) is 30.7 Å². The van der Waals surface area contributed by atoms with E-state index >= 15 is 0 Å². The number of rotatable bonds is 2. The molecule has 2 aromatic rings. The lowest BCUT2D eigenvalue weighted by molar-refractivity contribution is 0.223. The predicted molar refractivity (Wildman–Crippen MR) is 82.3 cm³/mol. The van der Waals surface area contributed by atoms with Crippen molar-refractivity contribution >= 4 is 11.6 Å². The Labute approximate surface area is 130 Å². The summed E-state index contributed by atoms with van der Waals surface area (Å²) in [6, 6.07) is 3.71. The molecule has 0 unspecified atom stereocenters. The summed E-state index contributed by atoms with van der Waals surface area (Å²) in [5, 5.41) is 0.445. The van der Waals surface area contributed by atoms with Gasteiger partial charge in [-0.05, 0) is 23.7 Å². The van der Waals surface area contributed by atoms with Crippen LogP contribution in [0.25, 0.3) is 0 Å². The van der Waals surface area contributed by atoms with E-state index in [4.69, 9.17) is 21.0 Å². The molecule has 1 aliphatic rings. The first-order chi connectivity index (χ1) is 9.91. The Kier molecular flexibility index (Phi) is 3.76. The highest BCUT2D eigenvalue weighted by atomic mass is 35.5. The molecule has 0 saturated heterocycles. The maximum absolute atomic E-state index is 5.81. The molecule has 0 atom stereocenters. The van der Waals surface area contributed by atoms with E-state index in [1.165, 1.54) is 11.3 Å². The summed E-state index contributed by atoms with van der Waals surface area (Å²) in [6.07, 6.45) is 2.93. The Morgan fingerprint density at radius 3 is 2.81 bits per heavy atom. The number of nitrogens with zero attached hydrogens (tertiary/aromatic N) is 3. The molecule has 4 nitrogen and oxygen atoms in total. The summed E-state index contributed by atoms with van der Waals surface area (Å²) in [5.74, 6) is 1.82. The van der Waals surface area contributed by atoms with Crippen LogP contribution in [0.2, 0.25) is 5.22 Å². The van der Waals surface area contributed by atoms with Crippen LogP contribution in [0.4, 0.5) is 0 Å². The number of hydrogen-bond donors (Lipinski definition) is 0. The average Bonchev–Trinajstić information content (AvgIpc) is 2.82. The Bertz CT molecular complexity index is 645. The topological polar surface area (TPSA) is 42.2 Å². The number of halogens is 1. The number of fused-ring (bicyclic) bond motifs is 1. The Balaban J connectivity index is 1.74. The first kappa shape index (κ1) is 14.5. The maximum Gasteiger partial charge on any atom is 0.193 e. The van der Waals surface area contributed by atoms with E-state index in [1.807, 2.05) is 12.3 Å². The van der Waals surface area contributed by atoms with Gasteiger partial charge in [0, 0.05) is 42.4 Å². The first-order valence-corrected chi connectivity index (χ1v) is 7.61. The van der Waals surface area contributed by atoms with Crippen molar-refractivity contribution in [3.63, 3.8) is 0 Å². The molecule has 0 amide bonds. The highest BCUT2D eigenvalue weighted by molar-refractivity contribution is 6.28. The van der Waals surface area contributed by atoms with Gasteiger partial charge in [0.1, 0.15) is 11.6 Å². The average molecular weight is 306 g/mol. The Morgan fingerprint density at radius 1 is 1.33 bits per heavy atom. The van der Waals surface area contributed by atoms with Gasteiger partial charge < -0.3 is 4.42 Å². The van der Waals surface area contributed by atoms with Gasteiger partial charge >= 0.3 is 0 Å². The fourth-order valence-electron chi connectivity index (χ4n) is 2.53. The van der Waals surface area contributed by atoms with E-state index in [9.17, 15) is 0 Å². The van der Waals surface area contributed by atoms with Gasteiger partial charge in [0.15, 0.2) is 5.22 Å². The minimum absolute atomic E-state index is 0.00289. The van der Waals surface area contributed by atoms with Crippen molar-refractivity contribution in [3.8, 4) is 0 Å². The van der Waals surface area contributed by atoms with E-state index < -0.39 is 0 Å². The zero-order chi connectivity index (χ0) is 15.0. The van der Waals surface area contributed by atoms with Crippen LogP contribution in [0.5, 0.6) is 0 Å². The summed E-state index contributed by atoms with van der Waals surface area (Å²) < 4.78 is 5.43. The van der Waals surface area contributed by atoms with Crippen LogP contribution in [0.3, 0.4) is 0 Å². The Morgan fingerprint density at radius 2 is 2.14 bits per heavy atom. The number of furan rings is 1. The van der Waals surface area contributed by atoms with Crippen molar-refractivity contribution in [2.75, 3.05) is 6.54 Å². The van der Waals surface area contributed by atoms with E-state index in [1.54, 1.807) is 6.07 Å². The fraction of sp³-hybridized carbons (Fsp3) is 0.500. The van der Waals surface area contributed by atoms with Crippen molar-refractivity contribution < 1.29 is 4.42 Å². The third kappa shape index (κ3) is 3.27. The second kappa shape index (κ2) is 5.43. The van der Waals surface area contributed by atoms with E-state index in [-0.39, 0.29) is 5.41 Å². The molecular formula is C16H20ClN3O. The van der Waals surface area contributed by atoms with Gasteiger partial charge in [-0.3, -0.25) is 4.90 Å². The molecule has 0 radical (unpaired) electrons. The van der Waals surface area contributed by atoms with Crippen molar-refractivity contribution in [1.82, 2.24) is 14.9 Å². The van der Waals surface area contributed by atoms with Crippen molar-refractivity contribution in [2.24, 2.45) is 0 Å². The minimum atomic E-state index is -0.00289. The molecule has 0 spiro atoms. The molecule has 0 bridgehead atoms. The summed E-state index contributed by atoms with van der Waals surface area (Å²) in [5.41, 5.74) is 2.40. The summed E-state index contributed by atoms with van der Waals surface area (Å²) >= 11 is 5.81. The Hall–Kier alpha value is -1.39. The lowest BCUT2D eigenvalue weighted by atomic mass is 9.95. The second-order valence-electron chi connectivity index (χ2n) is 6.58. The van der Waals surface area contributed by atoms with Crippen molar-refractivity contribution in [2.45, 2.75) is 45.7 Å². The molecule has 3 heterocycles. The van der Waals surface area contributed by atoms with Crippen LogP contribution in [-0.2, 0) is 24.9 Å². The molecule has 0 N–H and O–H groups in total. The number of aromatic nitrogens is 2. The van der Waals surface area contributed by atoms with Gasteiger partial charge in [-0.15, -0.1) is 0 Å². The van der Waals surface area contributed by atoms with Gasteiger partial charge in [0.25, 0.3) is 0 Å². The third-order valence-corrected chi connectivity index (χ3v) is 3.90. The highest BCUT2D eigenvalue weighted by Gasteiger charge is 2.23. The predicted octanol–water partition coefficient (Wildman–Crippen LogP) is 3.58. The van der Waals surface area contributed by atoms with Gasteiger partial charge in [0.2, 0.25) is 0 Å². The van der Waals surface area contributed by atoms with Crippen LogP contribution in [-0.4, -0.2) is 21.4 Å². The van der Waals surface area contributed by atoms with Crippen LogP contribution < -0.4 is 0 Å². The summed E-state index contributed by atoms with van der Waals surface area (Å²) in [6.45, 7) is 9.04. The maximum atomic E-state index is 5.81. The molecular weight excluding hydrogens is 286 g/mol. The summed E-state index contributed by atoms with van der Waals surface area (Å²) in [7, 11) is 0. The standard InChI is InChI=1S/C16H20ClN3O/c1-16(2,3)15-18-8-11-9-20(7-6-13(11)19-15)10-12-4-5-14(17)21-12/h4-5,8H,6-7,9-10H2,1-3H3. The third-order valence-electron chi connectivity index (χ3n) is 3.69. The van der Waals surface area contributed by atoms with Crippen LogP contribution in [0.15, 0.2) is 22.7 Å². The van der Waals surface area contributed by atoms with Gasteiger partial charge in [-0.25, -0.2) is 9.97 Å². The molecule has 0 aliphatic carbocycles. The van der Waals surface area contributed by atoms with Crippen LogP contribution >= 0.6 is 11.6 Å². The molecule has 112 valence electrons. The zero-order valence-corrected chi connectivity index (χ0v) is 13.4. The molecule has 0 aromatic carbocycles. The number of hydrogen-bond acceptors (Lipinski definition) is 4. The molecule has 5 heteroatoms. The quantitative estimate of drug-likeness (QED) is 0.850. The smallest absolute Gasteiger partial charge is 0.193 e. The highest BCUT2D eigenvalue weighted by Crippen LogP contribution is 2.24. The van der Waals surface area contributed by atoms with Crippen LogP contribution in [0, 0.1) is 0 Å². The molecule has 21 heavy (non-hydrogen) atoms. The second-order valence-corrected chi connectivity index (χ2v) is 6.95. The van der Waals surface area contributed by atoms with Gasteiger partial charge in [-0.1, -0.05) is 20.8 Å². The van der Waals surface area contributed by atoms with Crippen molar-refractivity contribution in [3.05, 3.63) is 46.4 Å². The molecule has 3 rings (SSSR count). The fourth-order valence-corrected chi connectivity index (χ4v) is 2.69. The van der Waals surface area contributed by atoms with Crippen molar-refractivity contribution in [1.29, 1.82) is 0 Å². The molecule has 1 aliphatic heterocycles. The first-order valence-electron chi connectivity index (χ1n) is 7.23. The normalized spacial score (nSPS) is 16.0. The SMILES string of the molecule is CC(C)(C)c1ncc2c(n1)CCN(Cc1ccc(Cl)o1)C2. The van der Waals surface area contributed by atoms with Gasteiger partial charge in [0.05, 0.1) is 6.54 Å². The minimum Gasteiger partial charge on any atom is -0.448 e. The largest absolute Gasteiger partial charge is 0.448 e. The van der Waals surface area contributed by atoms with Crippen LogP contribution in [0.1, 0.15) is 43.6 Å². The van der Waals surface area contributed by atoms with E-state index in [0.717, 1.165) is 37.6 Å². The summed E-state index contributed by atoms with van der Waals surface area (Å²) in [4.78, 5) is 11.6. The van der Waals surface area contributed by atoms with E-state index in [0.29, 0.717) is 5.22 Å². The molecule has 0 fully saturated rings. The monoisotopic (exact) mass is 305 g/mol.